The summed E-state index contributed by atoms with van der Waals surface area (Å²) >= 11 is 0. The lowest BCUT2D eigenvalue weighted by atomic mass is 9.77. The zero-order valence-electron chi connectivity index (χ0n) is 15.3. The highest BCUT2D eigenvalue weighted by Crippen LogP contribution is 2.52. The maximum atomic E-state index is 13.1. The van der Waals surface area contributed by atoms with Crippen molar-refractivity contribution in [1.29, 1.82) is 0 Å². The molecule has 2 fully saturated rings. The molecule has 1 amide bonds. The van der Waals surface area contributed by atoms with Gasteiger partial charge in [-0.1, -0.05) is 56.3 Å². The minimum absolute atomic E-state index is 0.0132. The van der Waals surface area contributed by atoms with Gasteiger partial charge < -0.3 is 14.4 Å². The molecule has 5 nitrogen and oxygen atoms in total. The molecule has 2 saturated heterocycles. The predicted octanol–water partition coefficient (Wildman–Crippen LogP) is 2.21. The van der Waals surface area contributed by atoms with E-state index < -0.39 is 17.4 Å². The average Bonchev–Trinajstić information content (AvgIpc) is 3.27. The quantitative estimate of drug-likeness (QED) is 0.580. The minimum atomic E-state index is -0.653. The molecule has 2 bridgehead atoms. The van der Waals surface area contributed by atoms with Crippen LogP contribution in [0, 0.1) is 17.8 Å². The Balaban J connectivity index is 1.47. The second-order valence-corrected chi connectivity index (χ2v) is 7.92. The Morgan fingerprint density at radius 2 is 2.12 bits per heavy atom. The minimum Gasteiger partial charge on any atom is -0.465 e. The fraction of sp³-hybridized carbons (Fsp3) is 0.524. The van der Waals surface area contributed by atoms with Crippen LogP contribution in [0.25, 0.3) is 0 Å². The number of hydrogen-bond donors (Lipinski definition) is 0. The summed E-state index contributed by atoms with van der Waals surface area (Å²) in [5.74, 6) is -0.997. The van der Waals surface area contributed by atoms with E-state index in [-0.39, 0.29) is 23.9 Å². The highest BCUT2D eigenvalue weighted by molar-refractivity contribution is 5.91. The summed E-state index contributed by atoms with van der Waals surface area (Å²) in [4.78, 5) is 27.5. The van der Waals surface area contributed by atoms with Crippen LogP contribution in [0.4, 0.5) is 0 Å². The van der Waals surface area contributed by atoms with Crippen LogP contribution in [0.3, 0.4) is 0 Å². The number of amides is 1. The monoisotopic (exact) mass is 355 g/mol. The summed E-state index contributed by atoms with van der Waals surface area (Å²) in [6, 6.07) is 10.1. The van der Waals surface area contributed by atoms with Gasteiger partial charge in [-0.25, -0.2) is 0 Å². The molecule has 0 saturated carbocycles. The fourth-order valence-corrected chi connectivity index (χ4v) is 4.29. The Bertz CT molecular complexity index is 729. The molecular weight excluding hydrogens is 330 g/mol. The van der Waals surface area contributed by atoms with Gasteiger partial charge in [-0.3, -0.25) is 9.59 Å². The summed E-state index contributed by atoms with van der Waals surface area (Å²) < 4.78 is 11.5. The molecular formula is C21H25NO4. The van der Waals surface area contributed by atoms with E-state index >= 15 is 0 Å². The lowest BCUT2D eigenvalue weighted by Gasteiger charge is -2.23. The normalized spacial score (nSPS) is 31.7. The molecule has 3 aliphatic heterocycles. The molecule has 26 heavy (non-hydrogen) atoms. The molecule has 1 aromatic rings. The molecule has 138 valence electrons. The van der Waals surface area contributed by atoms with Gasteiger partial charge in [-0.2, -0.15) is 0 Å². The number of benzene rings is 1. The van der Waals surface area contributed by atoms with Gasteiger partial charge in [0.05, 0.1) is 25.2 Å². The second kappa shape index (κ2) is 6.54. The van der Waals surface area contributed by atoms with Crippen LogP contribution >= 0.6 is 0 Å². The zero-order chi connectivity index (χ0) is 18.3. The van der Waals surface area contributed by atoms with Crippen molar-refractivity contribution in [2.45, 2.75) is 32.0 Å². The molecule has 0 N–H and O–H groups in total. The van der Waals surface area contributed by atoms with Gasteiger partial charge in [-0.15, -0.1) is 0 Å². The summed E-state index contributed by atoms with van der Waals surface area (Å²) in [6.07, 6.45) is 4.37. The van der Waals surface area contributed by atoms with Crippen molar-refractivity contribution in [1.82, 2.24) is 4.90 Å². The Hall–Kier alpha value is -2.14. The van der Waals surface area contributed by atoms with Crippen molar-refractivity contribution < 1.29 is 19.1 Å². The van der Waals surface area contributed by atoms with E-state index in [9.17, 15) is 9.59 Å². The molecule has 0 radical (unpaired) electrons. The van der Waals surface area contributed by atoms with Crippen molar-refractivity contribution in [2.24, 2.45) is 17.8 Å². The molecule has 0 aromatic heterocycles. The van der Waals surface area contributed by atoms with Gasteiger partial charge in [0.25, 0.3) is 0 Å². The van der Waals surface area contributed by atoms with Gasteiger partial charge in [0.2, 0.25) is 5.91 Å². The average molecular weight is 355 g/mol. The lowest BCUT2D eigenvalue weighted by molar-refractivity contribution is -0.154. The summed E-state index contributed by atoms with van der Waals surface area (Å²) in [7, 11) is 0. The van der Waals surface area contributed by atoms with E-state index in [4.69, 9.17) is 9.47 Å². The molecule has 0 aliphatic carbocycles. The third kappa shape index (κ3) is 2.84. The van der Waals surface area contributed by atoms with E-state index in [2.05, 4.69) is 12.1 Å². The Labute approximate surface area is 154 Å². The summed E-state index contributed by atoms with van der Waals surface area (Å²) in [5, 5.41) is 0. The summed E-state index contributed by atoms with van der Waals surface area (Å²) in [5.41, 5.74) is 0.545. The predicted molar refractivity (Wildman–Crippen MR) is 96.2 cm³/mol. The number of ether oxygens (including phenoxy) is 2. The zero-order valence-corrected chi connectivity index (χ0v) is 15.3. The van der Waals surface area contributed by atoms with E-state index in [1.807, 2.05) is 49.1 Å². The second-order valence-electron chi connectivity index (χ2n) is 7.92. The van der Waals surface area contributed by atoms with Gasteiger partial charge in [0.15, 0.2) is 0 Å². The number of nitrogens with zero attached hydrogens (tertiary/aromatic N) is 1. The number of carbonyl (C=O) groups is 2. The largest absolute Gasteiger partial charge is 0.465 e. The molecule has 4 atom stereocenters. The van der Waals surface area contributed by atoms with Crippen molar-refractivity contribution in [2.75, 3.05) is 19.7 Å². The lowest BCUT2D eigenvalue weighted by Crippen LogP contribution is -2.40. The van der Waals surface area contributed by atoms with Crippen molar-refractivity contribution in [3.63, 3.8) is 0 Å². The van der Waals surface area contributed by atoms with Crippen molar-refractivity contribution in [3.8, 4) is 0 Å². The van der Waals surface area contributed by atoms with Crippen LogP contribution in [0.1, 0.15) is 19.4 Å². The molecule has 3 heterocycles. The van der Waals surface area contributed by atoms with Crippen LogP contribution in [0.5, 0.6) is 0 Å². The third-order valence-electron chi connectivity index (χ3n) is 5.52. The Morgan fingerprint density at radius 3 is 2.85 bits per heavy atom. The van der Waals surface area contributed by atoms with Gasteiger partial charge in [-0.05, 0) is 17.9 Å². The molecule has 4 rings (SSSR count). The Morgan fingerprint density at radius 1 is 1.35 bits per heavy atom. The highest BCUT2D eigenvalue weighted by atomic mass is 16.6. The maximum Gasteiger partial charge on any atom is 0.312 e. The first kappa shape index (κ1) is 17.3. The van der Waals surface area contributed by atoms with Gasteiger partial charge in [0, 0.05) is 6.54 Å². The number of rotatable bonds is 6. The van der Waals surface area contributed by atoms with Gasteiger partial charge >= 0.3 is 5.97 Å². The first-order chi connectivity index (χ1) is 12.5. The molecule has 0 unspecified atom stereocenters. The van der Waals surface area contributed by atoms with E-state index in [0.29, 0.717) is 19.7 Å². The number of likely N-dealkylation sites (tertiary alicyclic amines) is 1. The van der Waals surface area contributed by atoms with E-state index in [0.717, 1.165) is 6.42 Å². The van der Waals surface area contributed by atoms with Crippen LogP contribution in [-0.4, -0.2) is 48.2 Å². The van der Waals surface area contributed by atoms with E-state index in [1.165, 1.54) is 5.56 Å². The number of esters is 1. The molecule has 3 aliphatic rings. The molecule has 1 spiro atoms. The first-order valence-electron chi connectivity index (χ1n) is 9.37. The smallest absolute Gasteiger partial charge is 0.312 e. The standard InChI is InChI=1S/C21H25NO4/c1-14(2)12-25-20(24)17-16-8-10-21(26-16)13-22(19(23)18(17)21)11-9-15-6-4-3-5-7-15/h3-8,10,14,16-18H,9,11-13H2,1-2H3/t16-,17+,18+,21-/m1/s1. The van der Waals surface area contributed by atoms with Crippen LogP contribution < -0.4 is 0 Å². The van der Waals surface area contributed by atoms with Crippen LogP contribution in [0.15, 0.2) is 42.5 Å². The number of hydrogen-bond acceptors (Lipinski definition) is 4. The molecule has 5 heteroatoms. The first-order valence-corrected chi connectivity index (χ1v) is 9.37. The van der Waals surface area contributed by atoms with Crippen molar-refractivity contribution >= 4 is 11.9 Å². The van der Waals surface area contributed by atoms with Crippen LogP contribution in [0.2, 0.25) is 0 Å². The maximum absolute atomic E-state index is 13.1. The SMILES string of the molecule is CC(C)COC(=O)[C@@H]1[C@H]2C(=O)N(CCc3ccccc3)C[C@]23C=C[C@H]1O3. The highest BCUT2D eigenvalue weighted by Gasteiger charge is 2.67. The van der Waals surface area contributed by atoms with E-state index in [1.54, 1.807) is 0 Å². The third-order valence-corrected chi connectivity index (χ3v) is 5.52. The number of fused-ring (bicyclic) bond motifs is 1. The summed E-state index contributed by atoms with van der Waals surface area (Å²) in [6.45, 7) is 5.52. The van der Waals surface area contributed by atoms with Crippen LogP contribution in [-0.2, 0) is 25.5 Å². The topological polar surface area (TPSA) is 55.8 Å². The Kier molecular flexibility index (Phi) is 4.35. The van der Waals surface area contributed by atoms with Crippen molar-refractivity contribution in [3.05, 3.63) is 48.0 Å². The molecule has 1 aromatic carbocycles. The van der Waals surface area contributed by atoms with Gasteiger partial charge in [0.1, 0.15) is 11.5 Å². The fourth-order valence-electron chi connectivity index (χ4n) is 4.29. The number of carbonyl (C=O) groups excluding carboxylic acids is 2.